The molecule has 0 spiro atoms. The molecule has 1 aliphatic rings. The van der Waals surface area contributed by atoms with Gasteiger partial charge in [0.2, 0.25) is 17.7 Å². The quantitative estimate of drug-likeness (QED) is 0.158. The van der Waals surface area contributed by atoms with Gasteiger partial charge < -0.3 is 35.8 Å². The third-order valence-electron chi connectivity index (χ3n) is 7.22. The summed E-state index contributed by atoms with van der Waals surface area (Å²) < 4.78 is 21.3. The molecule has 0 radical (unpaired) electrons. The highest BCUT2D eigenvalue weighted by Crippen LogP contribution is 2.29. The van der Waals surface area contributed by atoms with Crippen LogP contribution in [0.15, 0.2) is 66.1 Å². The Morgan fingerprint density at radius 2 is 1.55 bits per heavy atom. The minimum Gasteiger partial charge on any atom is -0.481 e. The Bertz CT molecular complexity index is 1470. The van der Waals surface area contributed by atoms with Gasteiger partial charge in [-0.15, -0.1) is 0 Å². The smallest absolute Gasteiger partial charge is 0.408 e. The molecule has 15 heteroatoms. The first-order valence-electron chi connectivity index (χ1n) is 14.7. The van der Waals surface area contributed by atoms with Crippen molar-refractivity contribution in [3.05, 3.63) is 82.8 Å². The molecular formula is C32H38N4O10S. The molecule has 2 aromatic carbocycles. The number of ether oxygens (including phenoxy) is 2. The lowest BCUT2D eigenvalue weighted by atomic mass is 9.95. The number of fused-ring (bicyclic) bond motifs is 1. The first-order chi connectivity index (χ1) is 22.4. The van der Waals surface area contributed by atoms with Crippen LogP contribution in [0.25, 0.3) is 0 Å². The van der Waals surface area contributed by atoms with Crippen molar-refractivity contribution in [2.75, 3.05) is 19.9 Å². The van der Waals surface area contributed by atoms with E-state index in [2.05, 4.69) is 26.0 Å². The van der Waals surface area contributed by atoms with Gasteiger partial charge in [-0.3, -0.25) is 28.2 Å². The molecule has 3 unspecified atom stereocenters. The van der Waals surface area contributed by atoms with E-state index in [0.717, 1.165) is 11.1 Å². The molecule has 0 saturated carbocycles. The van der Waals surface area contributed by atoms with Gasteiger partial charge in [-0.05, 0) is 35.4 Å². The van der Waals surface area contributed by atoms with Crippen molar-refractivity contribution >= 4 is 46.6 Å². The highest BCUT2D eigenvalue weighted by atomic mass is 32.2. The van der Waals surface area contributed by atoms with Gasteiger partial charge >= 0.3 is 18.0 Å². The number of carboxylic acid groups (broad SMARTS) is 1. The van der Waals surface area contributed by atoms with Crippen molar-refractivity contribution < 1.29 is 47.6 Å². The van der Waals surface area contributed by atoms with Crippen molar-refractivity contribution in [1.82, 2.24) is 21.3 Å². The standard InChI is InChI=1S/C32H38N4O10S/c1-45-28(40)16-24(12-13-47(2)44)34-26(37)18-33-31(42)29(23-14-21-10-6-7-11-22(21)15-23)36-30(41)25(17-27(38)39)35-32(43)46-19-20-8-4-3-5-9-20/h3-13,23-25,29H,14-19H2,1-2H3,(H,33,42)(H,34,37)(H,35,43)(H,36,41)(H,38,39)/b13-12+/t24?,25-,29?,47?/m0/s1. The Morgan fingerprint density at radius 1 is 0.915 bits per heavy atom. The van der Waals surface area contributed by atoms with E-state index in [1.54, 1.807) is 30.3 Å². The maximum absolute atomic E-state index is 13.5. The SMILES string of the molecule is COC(=O)CC(/C=C/S(C)=O)NC(=O)CNC(=O)C(NC(=O)[C@H](CC(=O)O)NC(=O)OCc1ccccc1)C1Cc2ccccc2C1. The summed E-state index contributed by atoms with van der Waals surface area (Å²) >= 11 is 0. The van der Waals surface area contributed by atoms with E-state index in [0.29, 0.717) is 18.4 Å². The van der Waals surface area contributed by atoms with Crippen LogP contribution in [0, 0.1) is 5.92 Å². The number of carbonyl (C=O) groups excluding carboxylic acids is 5. The molecule has 4 amide bonds. The van der Waals surface area contributed by atoms with Crippen molar-refractivity contribution in [3.8, 4) is 0 Å². The summed E-state index contributed by atoms with van der Waals surface area (Å²) in [6, 6.07) is 12.6. The lowest BCUT2D eigenvalue weighted by Crippen LogP contribution is -2.57. The van der Waals surface area contributed by atoms with E-state index >= 15 is 0 Å². The molecule has 3 rings (SSSR count). The maximum Gasteiger partial charge on any atom is 0.408 e. The Morgan fingerprint density at radius 3 is 2.15 bits per heavy atom. The van der Waals surface area contributed by atoms with Gasteiger partial charge in [-0.2, -0.15) is 0 Å². The van der Waals surface area contributed by atoms with E-state index < -0.39 is 83.6 Å². The van der Waals surface area contributed by atoms with Crippen LogP contribution in [-0.4, -0.2) is 83.1 Å². The van der Waals surface area contributed by atoms with Crippen LogP contribution < -0.4 is 21.3 Å². The highest BCUT2D eigenvalue weighted by Gasteiger charge is 2.36. The average Bonchev–Trinajstić information content (AvgIpc) is 3.47. The molecule has 0 aliphatic heterocycles. The van der Waals surface area contributed by atoms with Crippen LogP contribution in [0.3, 0.4) is 0 Å². The summed E-state index contributed by atoms with van der Waals surface area (Å²) in [5, 5.41) is 20.6. The van der Waals surface area contributed by atoms with E-state index in [1.165, 1.54) is 24.8 Å². The lowest BCUT2D eigenvalue weighted by molar-refractivity contribution is -0.141. The zero-order valence-electron chi connectivity index (χ0n) is 25.9. The molecule has 4 atom stereocenters. The highest BCUT2D eigenvalue weighted by molar-refractivity contribution is 7.87. The van der Waals surface area contributed by atoms with Crippen LogP contribution in [-0.2, 0) is 63.7 Å². The van der Waals surface area contributed by atoms with Crippen molar-refractivity contribution in [2.45, 2.75) is 50.4 Å². The number of carbonyl (C=O) groups is 6. The Balaban J connectivity index is 1.71. The third-order valence-corrected chi connectivity index (χ3v) is 7.76. The lowest BCUT2D eigenvalue weighted by Gasteiger charge is -2.26. The second-order valence-electron chi connectivity index (χ2n) is 10.8. The largest absolute Gasteiger partial charge is 0.481 e. The van der Waals surface area contributed by atoms with E-state index in [9.17, 15) is 38.1 Å². The van der Waals surface area contributed by atoms with Crippen LogP contribution in [0.2, 0.25) is 0 Å². The first kappa shape index (κ1) is 36.4. The van der Waals surface area contributed by atoms with Crippen LogP contribution >= 0.6 is 0 Å². The minimum absolute atomic E-state index is 0.117. The second kappa shape index (κ2) is 18.2. The van der Waals surface area contributed by atoms with Gasteiger partial charge in [0.15, 0.2) is 0 Å². The number of hydrogen-bond donors (Lipinski definition) is 5. The number of amides is 4. The minimum atomic E-state index is -1.58. The van der Waals surface area contributed by atoms with Crippen LogP contribution in [0.1, 0.15) is 29.5 Å². The molecule has 0 heterocycles. The molecule has 0 saturated heterocycles. The summed E-state index contributed by atoms with van der Waals surface area (Å²) in [4.78, 5) is 75.5. The Hall–Kier alpha value is -5.05. The van der Waals surface area contributed by atoms with Crippen LogP contribution in [0.5, 0.6) is 0 Å². The number of methoxy groups -OCH3 is 1. The van der Waals surface area contributed by atoms with Gasteiger partial charge in [0.1, 0.15) is 18.7 Å². The number of nitrogens with one attached hydrogen (secondary N) is 4. The summed E-state index contributed by atoms with van der Waals surface area (Å²) in [6.07, 6.45) is 1.57. The molecule has 1 aliphatic carbocycles. The van der Waals surface area contributed by atoms with Crippen LogP contribution in [0.4, 0.5) is 4.79 Å². The fraction of sp³-hybridized carbons (Fsp3) is 0.375. The van der Waals surface area contributed by atoms with Gasteiger partial charge in [0.05, 0.1) is 32.5 Å². The summed E-state index contributed by atoms with van der Waals surface area (Å²) in [6.45, 7) is -0.650. The monoisotopic (exact) mass is 670 g/mol. The van der Waals surface area contributed by atoms with E-state index in [-0.39, 0.29) is 13.0 Å². The number of carboxylic acids is 1. The second-order valence-corrected chi connectivity index (χ2v) is 12.0. The number of hydrogen-bond acceptors (Lipinski definition) is 9. The molecule has 252 valence electrons. The van der Waals surface area contributed by atoms with Gasteiger partial charge in [-0.1, -0.05) is 60.7 Å². The normalized spacial score (nSPS) is 14.9. The van der Waals surface area contributed by atoms with Gasteiger partial charge in [-0.25, -0.2) is 4.79 Å². The summed E-state index contributed by atoms with van der Waals surface area (Å²) in [5.74, 6) is -4.78. The van der Waals surface area contributed by atoms with Crippen molar-refractivity contribution in [2.24, 2.45) is 5.92 Å². The molecule has 0 aromatic heterocycles. The number of rotatable bonds is 16. The van der Waals surface area contributed by atoms with Gasteiger partial charge in [0, 0.05) is 22.5 Å². The number of esters is 1. The number of benzene rings is 2. The third kappa shape index (κ3) is 12.3. The zero-order chi connectivity index (χ0) is 34.3. The Labute approximate surface area is 274 Å². The predicted octanol–water partition coefficient (Wildman–Crippen LogP) is 0.712. The number of alkyl carbamates (subject to hydrolysis) is 1. The Kier molecular flexibility index (Phi) is 14.1. The van der Waals surface area contributed by atoms with Crippen molar-refractivity contribution in [1.29, 1.82) is 0 Å². The molecule has 14 nitrogen and oxygen atoms in total. The molecule has 0 fully saturated rings. The fourth-order valence-corrected chi connectivity index (χ4v) is 5.35. The molecule has 2 aromatic rings. The first-order valence-corrected chi connectivity index (χ1v) is 16.3. The number of aliphatic carboxylic acids is 1. The molecule has 5 N–H and O–H groups in total. The van der Waals surface area contributed by atoms with E-state index in [1.807, 2.05) is 24.3 Å². The summed E-state index contributed by atoms with van der Waals surface area (Å²) in [5.41, 5.74) is 2.62. The van der Waals surface area contributed by atoms with Gasteiger partial charge in [0.25, 0.3) is 0 Å². The van der Waals surface area contributed by atoms with Crippen molar-refractivity contribution in [3.63, 3.8) is 0 Å². The zero-order valence-corrected chi connectivity index (χ0v) is 26.7. The van der Waals surface area contributed by atoms with E-state index in [4.69, 9.17) is 4.74 Å². The predicted molar refractivity (Wildman–Crippen MR) is 170 cm³/mol. The molecule has 47 heavy (non-hydrogen) atoms. The molecular weight excluding hydrogens is 632 g/mol. The summed E-state index contributed by atoms with van der Waals surface area (Å²) in [7, 11) is -0.163. The maximum atomic E-state index is 13.5. The topological polar surface area (TPSA) is 206 Å². The molecule has 0 bridgehead atoms. The fourth-order valence-electron chi connectivity index (χ4n) is 4.94. The average molecular weight is 671 g/mol.